The molecule has 1 aliphatic rings. The number of ether oxygens (including phenoxy) is 1. The summed E-state index contributed by atoms with van der Waals surface area (Å²) in [7, 11) is 0. The second kappa shape index (κ2) is 9.02. The van der Waals surface area contributed by atoms with E-state index in [4.69, 9.17) is 4.74 Å². The summed E-state index contributed by atoms with van der Waals surface area (Å²) in [5.41, 5.74) is 2.18. The molecule has 0 radical (unpaired) electrons. The minimum Gasteiger partial charge on any atom is -0.486 e. The monoisotopic (exact) mass is 357 g/mol. The number of amides is 1. The van der Waals surface area contributed by atoms with Gasteiger partial charge in [-0.2, -0.15) is 0 Å². The molecule has 142 valence electrons. The maximum Gasteiger partial charge on any atom is 0.231 e. The Morgan fingerprint density at radius 1 is 1.19 bits per heavy atom. The molecule has 1 fully saturated rings. The van der Waals surface area contributed by atoms with E-state index in [0.717, 1.165) is 36.9 Å². The highest BCUT2D eigenvalue weighted by atomic mass is 16.5. The summed E-state index contributed by atoms with van der Waals surface area (Å²) < 4.78 is 5.58. The number of Topliss-reactive ketones (excluding diaryl/α,β-unsaturated/α-hetero) is 1. The van der Waals surface area contributed by atoms with Gasteiger partial charge in [-0.25, -0.2) is 0 Å². The summed E-state index contributed by atoms with van der Waals surface area (Å²) in [6.45, 7) is 11.3. The average molecular weight is 357 g/mol. The van der Waals surface area contributed by atoms with Crippen molar-refractivity contribution in [2.45, 2.75) is 59.3 Å². The summed E-state index contributed by atoms with van der Waals surface area (Å²) in [6, 6.07) is 7.38. The van der Waals surface area contributed by atoms with Crippen LogP contribution in [0.5, 0.6) is 5.75 Å². The minimum absolute atomic E-state index is 0.0837. The predicted molar refractivity (Wildman–Crippen MR) is 106 cm³/mol. The third-order valence-electron chi connectivity index (χ3n) is 4.57. The molecular weight excluding hydrogens is 326 g/mol. The van der Waals surface area contributed by atoms with Crippen molar-refractivity contribution in [2.75, 3.05) is 18.1 Å². The molecule has 4 heteroatoms. The summed E-state index contributed by atoms with van der Waals surface area (Å²) in [6.07, 6.45) is 4.95. The minimum atomic E-state index is 0.0837. The SMILES string of the molecule is C=C1CCN(c2ccc(OCC(=O)CCCCC(C)(C)C)cc2)C(=O)C1. The molecule has 0 spiro atoms. The van der Waals surface area contributed by atoms with Gasteiger partial charge in [0.2, 0.25) is 5.91 Å². The fourth-order valence-electron chi connectivity index (χ4n) is 3.00. The van der Waals surface area contributed by atoms with Crippen LogP contribution in [0.3, 0.4) is 0 Å². The molecule has 1 aliphatic heterocycles. The Kier molecular flexibility index (Phi) is 7.01. The second-order valence-electron chi connectivity index (χ2n) is 8.31. The highest BCUT2D eigenvalue weighted by molar-refractivity contribution is 5.95. The van der Waals surface area contributed by atoms with Gasteiger partial charge in [0, 0.05) is 25.1 Å². The number of anilines is 1. The Labute approximate surface area is 157 Å². The van der Waals surface area contributed by atoms with Crippen LogP contribution in [0.25, 0.3) is 0 Å². The van der Waals surface area contributed by atoms with Crippen molar-refractivity contribution >= 4 is 17.4 Å². The Bertz CT molecular complexity index is 640. The Hall–Kier alpha value is -2.10. The van der Waals surface area contributed by atoms with Crippen molar-refractivity contribution in [1.29, 1.82) is 0 Å². The van der Waals surface area contributed by atoms with Crippen molar-refractivity contribution in [3.63, 3.8) is 0 Å². The molecule has 0 bridgehead atoms. The fourth-order valence-corrected chi connectivity index (χ4v) is 3.00. The molecule has 0 unspecified atom stereocenters. The van der Waals surface area contributed by atoms with E-state index in [9.17, 15) is 9.59 Å². The van der Waals surface area contributed by atoms with Crippen LogP contribution < -0.4 is 9.64 Å². The van der Waals surface area contributed by atoms with Gasteiger partial charge in [-0.05, 0) is 48.9 Å². The topological polar surface area (TPSA) is 46.6 Å². The number of carbonyl (C=O) groups is 2. The van der Waals surface area contributed by atoms with E-state index < -0.39 is 0 Å². The van der Waals surface area contributed by atoms with E-state index in [2.05, 4.69) is 27.4 Å². The van der Waals surface area contributed by atoms with Crippen molar-refractivity contribution in [3.05, 3.63) is 36.4 Å². The Balaban J connectivity index is 1.74. The van der Waals surface area contributed by atoms with Gasteiger partial charge in [0.05, 0.1) is 0 Å². The molecular formula is C22H31NO3. The molecule has 1 heterocycles. The lowest BCUT2D eigenvalue weighted by molar-refractivity contribution is -0.121. The lowest BCUT2D eigenvalue weighted by atomic mass is 9.89. The molecule has 0 aromatic heterocycles. The first-order valence-electron chi connectivity index (χ1n) is 9.46. The summed E-state index contributed by atoms with van der Waals surface area (Å²) in [5, 5.41) is 0. The molecule has 1 amide bonds. The van der Waals surface area contributed by atoms with Gasteiger partial charge in [0.1, 0.15) is 12.4 Å². The standard InChI is InChI=1S/C22H31NO3/c1-17-12-14-23(21(25)15-17)18-8-10-20(11-9-18)26-16-19(24)7-5-6-13-22(2,3)4/h8-11H,1,5-7,12-16H2,2-4H3. The molecule has 4 nitrogen and oxygen atoms in total. The zero-order chi connectivity index (χ0) is 19.2. The number of carbonyl (C=O) groups excluding carboxylic acids is 2. The number of hydrogen-bond acceptors (Lipinski definition) is 3. The van der Waals surface area contributed by atoms with Crippen molar-refractivity contribution in [2.24, 2.45) is 5.41 Å². The number of hydrogen-bond donors (Lipinski definition) is 0. The lowest BCUT2D eigenvalue weighted by Crippen LogP contribution is -2.35. The molecule has 0 N–H and O–H groups in total. The number of benzene rings is 1. The fraction of sp³-hybridized carbons (Fsp3) is 0.545. The number of piperidine rings is 1. The van der Waals surface area contributed by atoms with Crippen LogP contribution in [-0.2, 0) is 9.59 Å². The van der Waals surface area contributed by atoms with Gasteiger partial charge in [-0.1, -0.05) is 39.3 Å². The molecule has 1 aromatic rings. The van der Waals surface area contributed by atoms with Crippen LogP contribution in [0.1, 0.15) is 59.3 Å². The maximum absolute atomic E-state index is 12.1. The number of ketones is 1. The van der Waals surface area contributed by atoms with Gasteiger partial charge >= 0.3 is 0 Å². The normalized spacial score (nSPS) is 15.3. The van der Waals surface area contributed by atoms with E-state index in [1.807, 2.05) is 24.3 Å². The van der Waals surface area contributed by atoms with Crippen LogP contribution >= 0.6 is 0 Å². The largest absolute Gasteiger partial charge is 0.486 e. The first-order valence-corrected chi connectivity index (χ1v) is 9.46. The van der Waals surface area contributed by atoms with E-state index in [0.29, 0.717) is 30.6 Å². The maximum atomic E-state index is 12.1. The second-order valence-corrected chi connectivity index (χ2v) is 8.31. The summed E-state index contributed by atoms with van der Waals surface area (Å²) >= 11 is 0. The molecule has 1 aromatic carbocycles. The Morgan fingerprint density at radius 2 is 1.88 bits per heavy atom. The van der Waals surface area contributed by atoms with Crippen molar-refractivity contribution in [3.8, 4) is 5.75 Å². The van der Waals surface area contributed by atoms with E-state index in [1.165, 1.54) is 0 Å². The molecule has 2 rings (SSSR count). The first-order chi connectivity index (χ1) is 12.2. The molecule has 1 saturated heterocycles. The third kappa shape index (κ3) is 6.66. The number of unbranched alkanes of at least 4 members (excludes halogenated alkanes) is 1. The molecule has 0 saturated carbocycles. The quantitative estimate of drug-likeness (QED) is 0.490. The molecule has 0 atom stereocenters. The van der Waals surface area contributed by atoms with Crippen LogP contribution in [0, 0.1) is 5.41 Å². The smallest absolute Gasteiger partial charge is 0.231 e. The van der Waals surface area contributed by atoms with E-state index >= 15 is 0 Å². The van der Waals surface area contributed by atoms with Gasteiger partial charge < -0.3 is 9.64 Å². The zero-order valence-electron chi connectivity index (χ0n) is 16.3. The van der Waals surface area contributed by atoms with Gasteiger partial charge in [-0.3, -0.25) is 9.59 Å². The van der Waals surface area contributed by atoms with E-state index in [1.54, 1.807) is 4.90 Å². The average Bonchev–Trinajstić information content (AvgIpc) is 2.57. The predicted octanol–water partition coefficient (Wildman–Crippen LogP) is 4.92. The first kappa shape index (κ1) is 20.2. The van der Waals surface area contributed by atoms with Crippen LogP contribution in [-0.4, -0.2) is 24.8 Å². The van der Waals surface area contributed by atoms with Crippen molar-refractivity contribution < 1.29 is 14.3 Å². The zero-order valence-corrected chi connectivity index (χ0v) is 16.3. The highest BCUT2D eigenvalue weighted by Crippen LogP contribution is 2.25. The molecule has 26 heavy (non-hydrogen) atoms. The highest BCUT2D eigenvalue weighted by Gasteiger charge is 2.21. The number of rotatable bonds is 8. The van der Waals surface area contributed by atoms with Gasteiger partial charge in [0.15, 0.2) is 5.78 Å². The third-order valence-corrected chi connectivity index (χ3v) is 4.57. The summed E-state index contributed by atoms with van der Waals surface area (Å²) in [4.78, 5) is 25.8. The number of nitrogens with zero attached hydrogens (tertiary/aromatic N) is 1. The van der Waals surface area contributed by atoms with Crippen LogP contribution in [0.15, 0.2) is 36.4 Å². The molecule has 0 aliphatic carbocycles. The van der Waals surface area contributed by atoms with Crippen molar-refractivity contribution in [1.82, 2.24) is 0 Å². The van der Waals surface area contributed by atoms with Crippen LogP contribution in [0.2, 0.25) is 0 Å². The summed E-state index contributed by atoms with van der Waals surface area (Å²) in [5.74, 6) is 0.874. The van der Waals surface area contributed by atoms with Gasteiger partial charge in [0.25, 0.3) is 0 Å². The van der Waals surface area contributed by atoms with Gasteiger partial charge in [-0.15, -0.1) is 0 Å². The van der Waals surface area contributed by atoms with E-state index in [-0.39, 0.29) is 18.3 Å². The van der Waals surface area contributed by atoms with Crippen LogP contribution in [0.4, 0.5) is 5.69 Å². The lowest BCUT2D eigenvalue weighted by Gasteiger charge is -2.28. The Morgan fingerprint density at radius 3 is 2.50 bits per heavy atom.